The summed E-state index contributed by atoms with van der Waals surface area (Å²) in [6, 6.07) is 15.8. The normalized spacial score (nSPS) is 19.9. The van der Waals surface area contributed by atoms with E-state index < -0.39 is 0 Å². The van der Waals surface area contributed by atoms with E-state index in [1.54, 1.807) is 11.3 Å². The number of hydrogen-bond acceptors (Lipinski definition) is 4. The number of rotatable bonds is 3. The van der Waals surface area contributed by atoms with Crippen LogP contribution in [0.3, 0.4) is 0 Å². The van der Waals surface area contributed by atoms with Crippen LogP contribution in [0.15, 0.2) is 48.5 Å². The highest BCUT2D eigenvalue weighted by atomic mass is 32.1. The smallest absolute Gasteiger partial charge is 0.0945 e. The Labute approximate surface area is 188 Å². The van der Waals surface area contributed by atoms with Crippen LogP contribution in [0.4, 0.5) is 5.00 Å². The van der Waals surface area contributed by atoms with Crippen molar-refractivity contribution in [3.05, 3.63) is 70.8 Å². The molecule has 0 bridgehead atoms. The van der Waals surface area contributed by atoms with Gasteiger partial charge in [-0.3, -0.25) is 4.90 Å². The number of hydrogen-bond donors (Lipinski definition) is 1. The predicted octanol–water partition coefficient (Wildman–Crippen LogP) is 6.59. The zero-order valence-electron chi connectivity index (χ0n) is 17.5. The van der Waals surface area contributed by atoms with Crippen molar-refractivity contribution >= 4 is 49.1 Å². The van der Waals surface area contributed by atoms with Gasteiger partial charge in [0.25, 0.3) is 0 Å². The molecule has 3 aromatic rings. The number of thiophene rings is 1. The SMILES string of the molecule is Cc1cccc(C(=S)c2ccc3sc(N)c(C4=CCN5CCCCC5CC4)c3c2)c1. The van der Waals surface area contributed by atoms with Crippen LogP contribution in [0.2, 0.25) is 0 Å². The van der Waals surface area contributed by atoms with Gasteiger partial charge in [0, 0.05) is 28.2 Å². The fourth-order valence-corrected chi connectivity index (χ4v) is 6.29. The first-order valence-corrected chi connectivity index (χ1v) is 12.2. The van der Waals surface area contributed by atoms with Crippen molar-refractivity contribution in [3.63, 3.8) is 0 Å². The zero-order valence-corrected chi connectivity index (χ0v) is 19.1. The molecular formula is C26H28N2S2. The second-order valence-corrected chi connectivity index (χ2v) is 10.2. The van der Waals surface area contributed by atoms with E-state index in [4.69, 9.17) is 18.0 Å². The molecule has 2 aromatic carbocycles. The van der Waals surface area contributed by atoms with E-state index in [2.05, 4.69) is 60.4 Å². The summed E-state index contributed by atoms with van der Waals surface area (Å²) < 4.78 is 1.25. The number of piperidine rings is 1. The van der Waals surface area contributed by atoms with Crippen LogP contribution < -0.4 is 5.73 Å². The van der Waals surface area contributed by atoms with E-state index in [1.807, 2.05) is 0 Å². The predicted molar refractivity (Wildman–Crippen MR) is 135 cm³/mol. The molecule has 0 amide bonds. The fraction of sp³-hybridized carbons (Fsp3) is 0.346. The van der Waals surface area contributed by atoms with Crippen LogP contribution in [0, 0.1) is 6.92 Å². The van der Waals surface area contributed by atoms with E-state index in [1.165, 1.54) is 59.0 Å². The standard InChI is InChI=1S/C26H28N2S2/c1-17-5-4-6-19(15-17)25(29)20-9-11-23-22(16-20)24(26(27)30-23)18-8-10-21-7-2-3-13-28(21)14-12-18/h4-6,9,11-12,15-16,21H,2-3,7-8,10,13-14,27H2,1H3. The third-order valence-electron chi connectivity index (χ3n) is 6.65. The Morgan fingerprint density at radius 1 is 1.10 bits per heavy atom. The third kappa shape index (κ3) is 3.73. The minimum absolute atomic E-state index is 0.739. The number of fused-ring (bicyclic) bond motifs is 2. The van der Waals surface area contributed by atoms with Crippen LogP contribution in [0.5, 0.6) is 0 Å². The molecule has 0 aliphatic carbocycles. The van der Waals surface area contributed by atoms with Gasteiger partial charge in [-0.25, -0.2) is 0 Å². The number of nitrogens with zero attached hydrogens (tertiary/aromatic N) is 1. The second-order valence-electron chi connectivity index (χ2n) is 8.66. The van der Waals surface area contributed by atoms with Crippen molar-refractivity contribution in [1.29, 1.82) is 0 Å². The molecule has 1 saturated heterocycles. The van der Waals surface area contributed by atoms with Crippen LogP contribution in [0.1, 0.15) is 54.4 Å². The molecule has 1 unspecified atom stereocenters. The van der Waals surface area contributed by atoms with Crippen molar-refractivity contribution in [3.8, 4) is 0 Å². The summed E-state index contributed by atoms with van der Waals surface area (Å²) >= 11 is 7.56. The number of aryl methyl sites for hydroxylation is 1. The van der Waals surface area contributed by atoms with E-state index in [9.17, 15) is 0 Å². The Balaban J connectivity index is 1.53. The Kier molecular flexibility index (Phi) is 5.48. The first kappa shape index (κ1) is 19.9. The number of anilines is 1. The highest BCUT2D eigenvalue weighted by molar-refractivity contribution is 7.81. The van der Waals surface area contributed by atoms with E-state index in [-0.39, 0.29) is 0 Å². The van der Waals surface area contributed by atoms with Gasteiger partial charge in [-0.2, -0.15) is 0 Å². The molecule has 1 fully saturated rings. The lowest BCUT2D eigenvalue weighted by Crippen LogP contribution is -2.38. The highest BCUT2D eigenvalue weighted by Crippen LogP contribution is 2.42. The summed E-state index contributed by atoms with van der Waals surface area (Å²) in [4.78, 5) is 3.57. The molecule has 4 heteroatoms. The molecule has 2 aliphatic rings. The maximum atomic E-state index is 6.57. The molecule has 2 aliphatic heterocycles. The van der Waals surface area contributed by atoms with Crippen molar-refractivity contribution in [1.82, 2.24) is 4.90 Å². The van der Waals surface area contributed by atoms with Gasteiger partial charge in [0.15, 0.2) is 0 Å². The molecule has 2 nitrogen and oxygen atoms in total. The number of nitrogen functional groups attached to an aromatic ring is 1. The zero-order chi connectivity index (χ0) is 20.7. The summed E-state index contributed by atoms with van der Waals surface area (Å²) in [5.41, 5.74) is 12.7. The van der Waals surface area contributed by atoms with Crippen molar-refractivity contribution in [2.24, 2.45) is 0 Å². The van der Waals surface area contributed by atoms with E-state index in [0.29, 0.717) is 0 Å². The van der Waals surface area contributed by atoms with Gasteiger partial charge in [0.05, 0.1) is 9.87 Å². The molecule has 0 saturated carbocycles. The summed E-state index contributed by atoms with van der Waals surface area (Å²) in [5, 5.41) is 2.20. The molecule has 5 rings (SSSR count). The van der Waals surface area contributed by atoms with Crippen molar-refractivity contribution in [2.45, 2.75) is 45.1 Å². The van der Waals surface area contributed by atoms with Gasteiger partial charge in [0.1, 0.15) is 0 Å². The number of benzene rings is 2. The Hall–Kier alpha value is -2.01. The first-order chi connectivity index (χ1) is 14.6. The molecule has 1 atom stereocenters. The number of allylic oxidation sites excluding steroid dienone is 1. The van der Waals surface area contributed by atoms with Crippen molar-refractivity contribution in [2.75, 3.05) is 18.8 Å². The van der Waals surface area contributed by atoms with Gasteiger partial charge in [-0.1, -0.05) is 60.6 Å². The lowest BCUT2D eigenvalue weighted by molar-refractivity contribution is 0.161. The van der Waals surface area contributed by atoms with E-state index >= 15 is 0 Å². The summed E-state index contributed by atoms with van der Waals surface area (Å²) in [6.07, 6.45) is 8.85. The van der Waals surface area contributed by atoms with Gasteiger partial charge in [-0.05, 0) is 68.0 Å². The molecule has 154 valence electrons. The van der Waals surface area contributed by atoms with Crippen LogP contribution in [-0.2, 0) is 0 Å². The molecule has 3 heterocycles. The second kappa shape index (κ2) is 8.26. The van der Waals surface area contributed by atoms with Gasteiger partial charge in [0.2, 0.25) is 0 Å². The topological polar surface area (TPSA) is 29.3 Å². The number of nitrogens with two attached hydrogens (primary N) is 1. The maximum absolute atomic E-state index is 6.57. The third-order valence-corrected chi connectivity index (χ3v) is 8.12. The van der Waals surface area contributed by atoms with Crippen LogP contribution in [0.25, 0.3) is 15.7 Å². The largest absolute Gasteiger partial charge is 0.390 e. The minimum atomic E-state index is 0.739. The Bertz CT molecular complexity index is 1140. The molecule has 0 radical (unpaired) electrons. The molecule has 30 heavy (non-hydrogen) atoms. The van der Waals surface area contributed by atoms with E-state index in [0.717, 1.165) is 40.0 Å². The van der Waals surface area contributed by atoms with Gasteiger partial charge >= 0.3 is 0 Å². The summed E-state index contributed by atoms with van der Waals surface area (Å²) in [6.45, 7) is 4.40. The van der Waals surface area contributed by atoms with Crippen LogP contribution in [-0.4, -0.2) is 28.9 Å². The van der Waals surface area contributed by atoms with Crippen molar-refractivity contribution < 1.29 is 0 Å². The average molecular weight is 433 g/mol. The highest BCUT2D eigenvalue weighted by Gasteiger charge is 2.25. The van der Waals surface area contributed by atoms with Crippen LogP contribution >= 0.6 is 23.6 Å². The fourth-order valence-electron chi connectivity index (χ4n) is 5.05. The summed E-state index contributed by atoms with van der Waals surface area (Å²) in [7, 11) is 0. The molecule has 1 aromatic heterocycles. The monoisotopic (exact) mass is 432 g/mol. The quantitative estimate of drug-likeness (QED) is 0.374. The van der Waals surface area contributed by atoms with Gasteiger partial charge in [-0.15, -0.1) is 11.3 Å². The lowest BCUT2D eigenvalue weighted by atomic mass is 9.94. The maximum Gasteiger partial charge on any atom is 0.0945 e. The summed E-state index contributed by atoms with van der Waals surface area (Å²) in [5.74, 6) is 0. The first-order valence-electron chi connectivity index (χ1n) is 11.0. The van der Waals surface area contributed by atoms with Gasteiger partial charge < -0.3 is 5.73 Å². The molecule has 0 spiro atoms. The molecule has 2 N–H and O–H groups in total. The lowest BCUT2D eigenvalue weighted by Gasteiger charge is -2.33. The minimum Gasteiger partial charge on any atom is -0.390 e. The molecular weight excluding hydrogens is 404 g/mol. The number of thiocarbonyl (C=S) groups is 1. The Morgan fingerprint density at radius 2 is 1.97 bits per heavy atom. The average Bonchev–Trinajstić information content (AvgIpc) is 2.94. The Morgan fingerprint density at radius 3 is 2.83 bits per heavy atom.